The highest BCUT2D eigenvalue weighted by Crippen LogP contribution is 2.44. The molecule has 4 heteroatoms. The third kappa shape index (κ3) is 2.79. The van der Waals surface area contributed by atoms with E-state index in [0.717, 1.165) is 25.6 Å². The van der Waals surface area contributed by atoms with Crippen molar-refractivity contribution in [2.24, 2.45) is 5.92 Å². The fraction of sp³-hybridized carbons (Fsp3) is 0.933. The number of rotatable bonds is 4. The number of likely N-dealkylation sites (tertiary alicyclic amines) is 1. The lowest BCUT2D eigenvalue weighted by Crippen LogP contribution is -2.49. The second kappa shape index (κ2) is 5.41. The van der Waals surface area contributed by atoms with Gasteiger partial charge in [-0.05, 0) is 64.5 Å². The molecule has 0 bridgehead atoms. The van der Waals surface area contributed by atoms with Gasteiger partial charge in [0.15, 0.2) is 0 Å². The number of carbonyl (C=O) groups is 1. The van der Waals surface area contributed by atoms with Crippen LogP contribution in [-0.2, 0) is 4.79 Å². The van der Waals surface area contributed by atoms with Crippen molar-refractivity contribution < 1.29 is 4.79 Å². The van der Waals surface area contributed by atoms with Crippen LogP contribution in [0.3, 0.4) is 0 Å². The molecule has 3 aliphatic rings. The van der Waals surface area contributed by atoms with E-state index in [9.17, 15) is 4.79 Å². The summed E-state index contributed by atoms with van der Waals surface area (Å²) in [6, 6.07) is 0.436. The highest BCUT2D eigenvalue weighted by molar-refractivity contribution is 5.78. The van der Waals surface area contributed by atoms with E-state index in [1.807, 2.05) is 0 Å². The van der Waals surface area contributed by atoms with Crippen molar-refractivity contribution in [1.29, 1.82) is 0 Å². The van der Waals surface area contributed by atoms with Crippen molar-refractivity contribution >= 4 is 5.91 Å². The van der Waals surface area contributed by atoms with Gasteiger partial charge < -0.3 is 15.5 Å². The minimum Gasteiger partial charge on any atom is -0.339 e. The summed E-state index contributed by atoms with van der Waals surface area (Å²) in [5.74, 6) is 1.04. The molecule has 2 saturated heterocycles. The van der Waals surface area contributed by atoms with Crippen molar-refractivity contribution in [2.75, 3.05) is 26.2 Å². The standard InChI is InChI=1S/C15H27N3O/c1-12-4-2-3-9-18(12)14(19)11-17-15(6-7-15)13-5-8-16-10-13/h12-13,16-17H,2-11H2,1H3. The van der Waals surface area contributed by atoms with E-state index in [1.165, 1.54) is 38.5 Å². The van der Waals surface area contributed by atoms with Crippen LogP contribution in [0.1, 0.15) is 45.4 Å². The van der Waals surface area contributed by atoms with E-state index in [1.54, 1.807) is 0 Å². The molecular formula is C15H27N3O. The number of carbonyl (C=O) groups excluding carboxylic acids is 1. The zero-order chi connectivity index (χ0) is 13.3. The molecule has 1 aliphatic carbocycles. The lowest BCUT2D eigenvalue weighted by atomic mass is 9.96. The predicted molar refractivity (Wildman–Crippen MR) is 76.0 cm³/mol. The average Bonchev–Trinajstić information content (AvgIpc) is 3.00. The maximum Gasteiger partial charge on any atom is 0.236 e. The first-order valence-corrected chi connectivity index (χ1v) is 7.96. The van der Waals surface area contributed by atoms with Gasteiger partial charge in [-0.15, -0.1) is 0 Å². The molecule has 0 spiro atoms. The molecule has 0 aromatic rings. The van der Waals surface area contributed by atoms with Crippen molar-refractivity contribution in [3.05, 3.63) is 0 Å². The Kier molecular flexibility index (Phi) is 3.81. The first kappa shape index (κ1) is 13.4. The first-order chi connectivity index (χ1) is 9.21. The highest BCUT2D eigenvalue weighted by Gasteiger charge is 2.49. The van der Waals surface area contributed by atoms with E-state index >= 15 is 0 Å². The number of nitrogens with one attached hydrogen (secondary N) is 2. The molecule has 108 valence electrons. The Labute approximate surface area is 116 Å². The van der Waals surface area contributed by atoms with Crippen LogP contribution in [0.25, 0.3) is 0 Å². The van der Waals surface area contributed by atoms with Gasteiger partial charge in [0.1, 0.15) is 0 Å². The van der Waals surface area contributed by atoms with Crippen LogP contribution in [0.5, 0.6) is 0 Å². The van der Waals surface area contributed by atoms with Crippen LogP contribution in [0.15, 0.2) is 0 Å². The Morgan fingerprint density at radius 2 is 2.21 bits per heavy atom. The molecule has 0 radical (unpaired) electrons. The van der Waals surface area contributed by atoms with Crippen LogP contribution >= 0.6 is 0 Å². The highest BCUT2D eigenvalue weighted by atomic mass is 16.2. The summed E-state index contributed by atoms with van der Waals surface area (Å²) >= 11 is 0. The Balaban J connectivity index is 1.50. The summed E-state index contributed by atoms with van der Waals surface area (Å²) in [4.78, 5) is 14.4. The van der Waals surface area contributed by atoms with Gasteiger partial charge in [0.05, 0.1) is 6.54 Å². The molecule has 2 unspecified atom stereocenters. The Bertz CT molecular complexity index is 334. The van der Waals surface area contributed by atoms with Crippen molar-refractivity contribution in [3.63, 3.8) is 0 Å². The van der Waals surface area contributed by atoms with Gasteiger partial charge in [-0.2, -0.15) is 0 Å². The molecule has 4 nitrogen and oxygen atoms in total. The monoisotopic (exact) mass is 265 g/mol. The quantitative estimate of drug-likeness (QED) is 0.800. The topological polar surface area (TPSA) is 44.4 Å². The number of nitrogens with zero attached hydrogens (tertiary/aromatic N) is 1. The smallest absolute Gasteiger partial charge is 0.236 e. The van der Waals surface area contributed by atoms with E-state index < -0.39 is 0 Å². The van der Waals surface area contributed by atoms with Gasteiger partial charge in [0, 0.05) is 18.1 Å². The van der Waals surface area contributed by atoms with Crippen LogP contribution < -0.4 is 10.6 Å². The Hall–Kier alpha value is -0.610. The van der Waals surface area contributed by atoms with E-state index in [4.69, 9.17) is 0 Å². The summed E-state index contributed by atoms with van der Waals surface area (Å²) < 4.78 is 0. The normalized spacial score (nSPS) is 33.4. The third-order valence-corrected chi connectivity index (χ3v) is 5.35. The van der Waals surface area contributed by atoms with Crippen LogP contribution in [-0.4, -0.2) is 48.6 Å². The zero-order valence-corrected chi connectivity index (χ0v) is 12.1. The Morgan fingerprint density at radius 1 is 1.37 bits per heavy atom. The number of piperidine rings is 1. The number of amides is 1. The van der Waals surface area contributed by atoms with Crippen molar-refractivity contribution in [2.45, 2.75) is 57.0 Å². The van der Waals surface area contributed by atoms with Gasteiger partial charge in [0.2, 0.25) is 5.91 Å². The minimum atomic E-state index is 0.290. The fourth-order valence-electron chi connectivity index (χ4n) is 3.81. The summed E-state index contributed by atoms with van der Waals surface area (Å²) in [5.41, 5.74) is 0.290. The molecule has 1 saturated carbocycles. The molecular weight excluding hydrogens is 238 g/mol. The number of hydrogen-bond donors (Lipinski definition) is 2. The van der Waals surface area contributed by atoms with Gasteiger partial charge >= 0.3 is 0 Å². The van der Waals surface area contributed by atoms with E-state index in [-0.39, 0.29) is 5.54 Å². The molecule has 19 heavy (non-hydrogen) atoms. The van der Waals surface area contributed by atoms with Gasteiger partial charge in [-0.3, -0.25) is 4.79 Å². The zero-order valence-electron chi connectivity index (χ0n) is 12.1. The van der Waals surface area contributed by atoms with Crippen molar-refractivity contribution in [3.8, 4) is 0 Å². The molecule has 2 aliphatic heterocycles. The number of hydrogen-bond acceptors (Lipinski definition) is 3. The van der Waals surface area contributed by atoms with Gasteiger partial charge in [-0.25, -0.2) is 0 Å². The molecule has 0 aromatic heterocycles. The summed E-state index contributed by atoms with van der Waals surface area (Å²) in [6.07, 6.45) is 7.39. The molecule has 1 amide bonds. The van der Waals surface area contributed by atoms with Crippen molar-refractivity contribution in [1.82, 2.24) is 15.5 Å². The molecule has 3 rings (SSSR count). The fourth-order valence-corrected chi connectivity index (χ4v) is 3.81. The van der Waals surface area contributed by atoms with E-state index in [0.29, 0.717) is 18.5 Å². The van der Waals surface area contributed by atoms with Crippen LogP contribution in [0.2, 0.25) is 0 Å². The van der Waals surface area contributed by atoms with Crippen LogP contribution in [0, 0.1) is 5.92 Å². The second-order valence-electron chi connectivity index (χ2n) is 6.63. The summed E-state index contributed by atoms with van der Waals surface area (Å²) in [7, 11) is 0. The average molecular weight is 265 g/mol. The summed E-state index contributed by atoms with van der Waals surface area (Å²) in [5, 5.41) is 7.04. The van der Waals surface area contributed by atoms with Gasteiger partial charge in [-0.1, -0.05) is 0 Å². The minimum absolute atomic E-state index is 0.290. The van der Waals surface area contributed by atoms with Gasteiger partial charge in [0.25, 0.3) is 0 Å². The molecule has 2 atom stereocenters. The van der Waals surface area contributed by atoms with Crippen LogP contribution in [0.4, 0.5) is 0 Å². The summed E-state index contributed by atoms with van der Waals surface area (Å²) in [6.45, 7) is 5.96. The SMILES string of the molecule is CC1CCCCN1C(=O)CNC1(C2CCNC2)CC1. The molecule has 2 heterocycles. The maximum absolute atomic E-state index is 12.3. The molecule has 2 N–H and O–H groups in total. The lowest BCUT2D eigenvalue weighted by molar-refractivity contribution is -0.133. The van der Waals surface area contributed by atoms with E-state index in [2.05, 4.69) is 22.5 Å². The first-order valence-electron chi connectivity index (χ1n) is 7.96. The predicted octanol–water partition coefficient (Wildman–Crippen LogP) is 1.12. The maximum atomic E-state index is 12.3. The largest absolute Gasteiger partial charge is 0.339 e. The third-order valence-electron chi connectivity index (χ3n) is 5.35. The lowest BCUT2D eigenvalue weighted by Gasteiger charge is -2.34. The Morgan fingerprint density at radius 3 is 2.84 bits per heavy atom. The molecule has 3 fully saturated rings. The second-order valence-corrected chi connectivity index (χ2v) is 6.63. The molecule has 0 aromatic carbocycles.